The van der Waals surface area contributed by atoms with Crippen molar-refractivity contribution in [3.05, 3.63) is 34.6 Å². The van der Waals surface area contributed by atoms with Crippen LogP contribution in [0.1, 0.15) is 61.4 Å². The fourth-order valence-electron chi connectivity index (χ4n) is 2.69. The molecule has 9 heteroatoms. The maximum absolute atomic E-state index is 12.9. The van der Waals surface area contributed by atoms with Crippen LogP contribution < -0.4 is 11.1 Å². The molecule has 8 nitrogen and oxygen atoms in total. The summed E-state index contributed by atoms with van der Waals surface area (Å²) >= 11 is 1.25. The molecule has 0 aliphatic carbocycles. The lowest BCUT2D eigenvalue weighted by Gasteiger charge is -2.11. The maximum atomic E-state index is 12.9. The van der Waals surface area contributed by atoms with Gasteiger partial charge in [0.25, 0.3) is 5.91 Å². The topological polar surface area (TPSA) is 116 Å². The van der Waals surface area contributed by atoms with E-state index < -0.39 is 5.91 Å². The van der Waals surface area contributed by atoms with E-state index >= 15 is 0 Å². The van der Waals surface area contributed by atoms with Gasteiger partial charge in [0.05, 0.1) is 29.3 Å². The number of anilines is 1. The van der Waals surface area contributed by atoms with Gasteiger partial charge in [-0.05, 0) is 25.8 Å². The molecule has 0 aliphatic heterocycles. The first kappa shape index (κ1) is 19.0. The first-order chi connectivity index (χ1) is 12.8. The molecular weight excluding hydrogens is 364 g/mol. The fraction of sp³-hybridized carbons (Fsp3) is 0.389. The molecule has 3 rings (SSSR count). The predicted octanol–water partition coefficient (Wildman–Crippen LogP) is 2.87. The molecule has 0 atom stereocenters. The zero-order valence-corrected chi connectivity index (χ0v) is 16.5. The van der Waals surface area contributed by atoms with Gasteiger partial charge in [0.2, 0.25) is 5.91 Å². The SMILES string of the molecule is CC(C)c1cc(C(=O)Nc2nc(CC(N)=O)cs2)c2cnn(C(C)C)c2n1. The minimum Gasteiger partial charge on any atom is -0.369 e. The second-order valence-corrected chi connectivity index (χ2v) is 7.77. The van der Waals surface area contributed by atoms with E-state index in [1.807, 2.05) is 32.4 Å². The van der Waals surface area contributed by atoms with Crippen molar-refractivity contribution in [3.8, 4) is 0 Å². The molecule has 27 heavy (non-hydrogen) atoms. The van der Waals surface area contributed by atoms with Crippen molar-refractivity contribution in [3.63, 3.8) is 0 Å². The smallest absolute Gasteiger partial charge is 0.258 e. The van der Waals surface area contributed by atoms with E-state index in [1.165, 1.54) is 11.3 Å². The first-order valence-corrected chi connectivity index (χ1v) is 9.56. The van der Waals surface area contributed by atoms with Gasteiger partial charge in [-0.3, -0.25) is 14.9 Å². The Balaban J connectivity index is 1.98. The Hall–Kier alpha value is -2.81. The summed E-state index contributed by atoms with van der Waals surface area (Å²) in [5.41, 5.74) is 7.74. The van der Waals surface area contributed by atoms with E-state index in [0.29, 0.717) is 27.4 Å². The minimum absolute atomic E-state index is 0.0462. The number of pyridine rings is 1. The third-order valence-corrected chi connectivity index (χ3v) is 4.85. The molecule has 3 heterocycles. The van der Waals surface area contributed by atoms with Gasteiger partial charge in [-0.1, -0.05) is 13.8 Å². The minimum atomic E-state index is -0.461. The van der Waals surface area contributed by atoms with Crippen LogP contribution in [0.5, 0.6) is 0 Å². The zero-order chi connectivity index (χ0) is 19.7. The number of hydrogen-bond acceptors (Lipinski definition) is 6. The van der Waals surface area contributed by atoms with Crippen molar-refractivity contribution in [2.45, 2.75) is 46.1 Å². The molecule has 2 amide bonds. The molecule has 142 valence electrons. The number of nitrogens with zero attached hydrogens (tertiary/aromatic N) is 4. The summed E-state index contributed by atoms with van der Waals surface area (Å²) < 4.78 is 1.81. The Labute approximate surface area is 160 Å². The summed E-state index contributed by atoms with van der Waals surface area (Å²) in [7, 11) is 0. The van der Waals surface area contributed by atoms with Crippen molar-refractivity contribution < 1.29 is 9.59 Å². The average Bonchev–Trinajstić information content (AvgIpc) is 3.19. The zero-order valence-electron chi connectivity index (χ0n) is 15.7. The molecule has 3 aromatic rings. The number of primary amides is 1. The highest BCUT2D eigenvalue weighted by molar-refractivity contribution is 7.14. The average molecular weight is 386 g/mol. The van der Waals surface area contributed by atoms with E-state index in [-0.39, 0.29) is 24.3 Å². The second kappa shape index (κ2) is 7.43. The van der Waals surface area contributed by atoms with Crippen LogP contribution in [0, 0.1) is 0 Å². The molecule has 3 N–H and O–H groups in total. The van der Waals surface area contributed by atoms with Crippen LogP contribution in [-0.4, -0.2) is 31.6 Å². The molecule has 0 bridgehead atoms. The lowest BCUT2D eigenvalue weighted by atomic mass is 10.0. The number of aromatic nitrogens is 4. The van der Waals surface area contributed by atoms with Crippen LogP contribution in [0.4, 0.5) is 5.13 Å². The standard InChI is InChI=1S/C18H22N6O2S/c1-9(2)14-6-12(13-7-20-24(10(3)4)16(13)22-14)17(26)23-18-21-11(8-27-18)5-15(19)25/h6-10H,5H2,1-4H3,(H2,19,25)(H,21,23,26). The highest BCUT2D eigenvalue weighted by Gasteiger charge is 2.20. The van der Waals surface area contributed by atoms with E-state index in [0.717, 1.165) is 5.69 Å². The van der Waals surface area contributed by atoms with Gasteiger partial charge in [0.15, 0.2) is 10.8 Å². The van der Waals surface area contributed by atoms with Crippen LogP contribution in [-0.2, 0) is 11.2 Å². The molecule has 0 spiro atoms. The third-order valence-electron chi connectivity index (χ3n) is 4.04. The third kappa shape index (κ3) is 3.97. The molecule has 0 radical (unpaired) electrons. The van der Waals surface area contributed by atoms with Gasteiger partial charge in [-0.25, -0.2) is 14.6 Å². The number of nitrogens with two attached hydrogens (primary N) is 1. The number of thiazole rings is 1. The number of nitrogens with one attached hydrogen (secondary N) is 1. The van der Waals surface area contributed by atoms with E-state index in [2.05, 4.69) is 15.4 Å². The van der Waals surface area contributed by atoms with Crippen molar-refractivity contribution in [1.29, 1.82) is 0 Å². The lowest BCUT2D eigenvalue weighted by molar-refractivity contribution is -0.117. The number of amides is 2. The van der Waals surface area contributed by atoms with Crippen molar-refractivity contribution >= 4 is 39.3 Å². The number of fused-ring (bicyclic) bond motifs is 1. The highest BCUT2D eigenvalue weighted by atomic mass is 32.1. The van der Waals surface area contributed by atoms with Crippen molar-refractivity contribution in [2.24, 2.45) is 5.73 Å². The van der Waals surface area contributed by atoms with E-state index in [9.17, 15) is 9.59 Å². The Bertz CT molecular complexity index is 1000. The lowest BCUT2D eigenvalue weighted by Crippen LogP contribution is -2.15. The largest absolute Gasteiger partial charge is 0.369 e. The Morgan fingerprint density at radius 1 is 1.26 bits per heavy atom. The summed E-state index contributed by atoms with van der Waals surface area (Å²) in [5, 5.41) is 10.0. The van der Waals surface area contributed by atoms with Crippen LogP contribution in [0.2, 0.25) is 0 Å². The summed E-state index contributed by atoms with van der Waals surface area (Å²) in [6.45, 7) is 8.10. The van der Waals surface area contributed by atoms with E-state index in [1.54, 1.807) is 17.6 Å². The Morgan fingerprint density at radius 3 is 2.63 bits per heavy atom. The first-order valence-electron chi connectivity index (χ1n) is 8.68. The van der Waals surface area contributed by atoms with Gasteiger partial charge >= 0.3 is 0 Å². The Morgan fingerprint density at radius 2 is 2.00 bits per heavy atom. The predicted molar refractivity (Wildman–Crippen MR) is 105 cm³/mol. The normalized spacial score (nSPS) is 11.5. The molecule has 0 saturated carbocycles. The van der Waals surface area contributed by atoms with Gasteiger partial charge < -0.3 is 5.73 Å². The van der Waals surface area contributed by atoms with Crippen molar-refractivity contribution in [1.82, 2.24) is 19.7 Å². The summed E-state index contributed by atoms with van der Waals surface area (Å²) in [6.07, 6.45) is 1.71. The summed E-state index contributed by atoms with van der Waals surface area (Å²) in [6, 6.07) is 1.93. The fourth-order valence-corrected chi connectivity index (χ4v) is 3.39. The molecular formula is C18H22N6O2S. The quantitative estimate of drug-likeness (QED) is 0.676. The summed E-state index contributed by atoms with van der Waals surface area (Å²) in [5.74, 6) is -0.581. The van der Waals surface area contributed by atoms with Gasteiger partial charge in [-0.2, -0.15) is 5.10 Å². The molecule has 0 unspecified atom stereocenters. The van der Waals surface area contributed by atoms with Crippen LogP contribution in [0.25, 0.3) is 11.0 Å². The molecule has 0 fully saturated rings. The number of rotatable bonds is 6. The van der Waals surface area contributed by atoms with Gasteiger partial charge in [-0.15, -0.1) is 11.3 Å². The van der Waals surface area contributed by atoms with Crippen LogP contribution in [0.15, 0.2) is 17.6 Å². The number of hydrogen-bond donors (Lipinski definition) is 2. The van der Waals surface area contributed by atoms with Gasteiger partial charge in [0, 0.05) is 17.1 Å². The van der Waals surface area contributed by atoms with Crippen LogP contribution >= 0.6 is 11.3 Å². The monoisotopic (exact) mass is 386 g/mol. The van der Waals surface area contributed by atoms with E-state index in [4.69, 9.17) is 10.7 Å². The van der Waals surface area contributed by atoms with Crippen LogP contribution in [0.3, 0.4) is 0 Å². The highest BCUT2D eigenvalue weighted by Crippen LogP contribution is 2.25. The Kier molecular flexibility index (Phi) is 5.22. The molecule has 0 aliphatic rings. The molecule has 3 aromatic heterocycles. The number of carbonyl (C=O) groups excluding carboxylic acids is 2. The van der Waals surface area contributed by atoms with Gasteiger partial charge in [0.1, 0.15) is 0 Å². The molecule has 0 aromatic carbocycles. The second-order valence-electron chi connectivity index (χ2n) is 6.91. The molecule has 0 saturated heterocycles. The number of carbonyl (C=O) groups is 2. The summed E-state index contributed by atoms with van der Waals surface area (Å²) in [4.78, 5) is 32.9. The maximum Gasteiger partial charge on any atom is 0.258 e. The van der Waals surface area contributed by atoms with Crippen molar-refractivity contribution in [2.75, 3.05) is 5.32 Å².